The van der Waals surface area contributed by atoms with E-state index in [4.69, 9.17) is 4.74 Å². The van der Waals surface area contributed by atoms with Gasteiger partial charge in [-0.25, -0.2) is 14.0 Å². The molecule has 0 spiro atoms. The number of benzene rings is 1. The van der Waals surface area contributed by atoms with Crippen LogP contribution >= 0.6 is 0 Å². The highest BCUT2D eigenvalue weighted by molar-refractivity contribution is 6.05. The summed E-state index contributed by atoms with van der Waals surface area (Å²) in [6, 6.07) is 4.86. The lowest BCUT2D eigenvalue weighted by atomic mass is 9.90. The highest BCUT2D eigenvalue weighted by atomic mass is 19.1. The van der Waals surface area contributed by atoms with E-state index in [-0.39, 0.29) is 5.56 Å². The molecule has 0 aromatic heterocycles. The number of esters is 1. The average molecular weight is 352 g/mol. The van der Waals surface area contributed by atoms with Crippen LogP contribution in [-0.4, -0.2) is 36.7 Å². The highest BCUT2D eigenvalue weighted by Crippen LogP contribution is 2.42. The third-order valence-corrected chi connectivity index (χ3v) is 3.62. The molecule has 0 bridgehead atoms. The molecule has 0 saturated carbocycles. The maximum atomic E-state index is 15.4. The summed E-state index contributed by atoms with van der Waals surface area (Å²) in [5, 5.41) is 4.70. The quantitative estimate of drug-likeness (QED) is 0.811. The van der Waals surface area contributed by atoms with Gasteiger partial charge in [0.25, 0.3) is 5.91 Å². The van der Waals surface area contributed by atoms with Crippen LogP contribution in [0.5, 0.6) is 0 Å². The second-order valence-electron chi connectivity index (χ2n) is 6.73. The third kappa shape index (κ3) is 4.07. The van der Waals surface area contributed by atoms with Crippen molar-refractivity contribution in [1.82, 2.24) is 5.32 Å². The normalized spacial score (nSPS) is 20.3. The summed E-state index contributed by atoms with van der Waals surface area (Å²) in [6.45, 7) is 4.95. The Labute approximate surface area is 144 Å². The fourth-order valence-electron chi connectivity index (χ4n) is 2.55. The van der Waals surface area contributed by atoms with E-state index in [9.17, 15) is 14.4 Å². The van der Waals surface area contributed by atoms with E-state index in [1.807, 2.05) is 0 Å². The monoisotopic (exact) mass is 352 g/mol. The molecule has 136 valence electrons. The van der Waals surface area contributed by atoms with E-state index in [2.05, 4.69) is 15.4 Å². The number of hydrogen-bond donors (Lipinski definition) is 2. The van der Waals surface area contributed by atoms with E-state index in [1.165, 1.54) is 6.07 Å². The van der Waals surface area contributed by atoms with Crippen molar-refractivity contribution in [3.8, 4) is 0 Å². The number of carbonyl (C=O) groups is 3. The second kappa shape index (κ2) is 6.70. The zero-order valence-corrected chi connectivity index (χ0v) is 14.5. The molecule has 7 nitrogen and oxygen atoms in total. The van der Waals surface area contributed by atoms with Crippen LogP contribution in [0.25, 0.3) is 0 Å². The number of methoxy groups -OCH3 is 1. The molecule has 0 saturated heterocycles. The fourth-order valence-corrected chi connectivity index (χ4v) is 2.55. The number of hydrogen-bond acceptors (Lipinski definition) is 5. The summed E-state index contributed by atoms with van der Waals surface area (Å²) in [6.07, 6.45) is -1.51. The minimum atomic E-state index is -2.47. The summed E-state index contributed by atoms with van der Waals surface area (Å²) in [7, 11) is 1.11. The van der Waals surface area contributed by atoms with Crippen LogP contribution in [0.2, 0.25) is 0 Å². The van der Waals surface area contributed by atoms with Crippen LogP contribution in [0, 0.1) is 0 Å². The first-order chi connectivity index (χ1) is 11.6. The number of alkyl carbamates (subject to hydrolysis) is 1. The van der Waals surface area contributed by atoms with Crippen molar-refractivity contribution >= 4 is 23.7 Å². The topological polar surface area (TPSA) is 93.7 Å². The smallest absolute Gasteiger partial charge is 0.408 e. The molecular weight excluding hydrogens is 331 g/mol. The molecule has 1 heterocycles. The van der Waals surface area contributed by atoms with E-state index >= 15 is 4.39 Å². The van der Waals surface area contributed by atoms with E-state index in [0.29, 0.717) is 5.69 Å². The Morgan fingerprint density at radius 1 is 1.32 bits per heavy atom. The number of rotatable bonds is 4. The molecule has 1 unspecified atom stereocenters. The predicted octanol–water partition coefficient (Wildman–Crippen LogP) is 2.26. The SMILES string of the molecule is COC(=O)[C@H](CC1(F)C(=O)Nc2ccccc21)NC(=O)OC(C)(C)C. The van der Waals surface area contributed by atoms with Crippen LogP contribution < -0.4 is 10.6 Å². The number of ether oxygens (including phenoxy) is 2. The van der Waals surface area contributed by atoms with Gasteiger partial charge in [0.15, 0.2) is 0 Å². The Hall–Kier alpha value is -2.64. The van der Waals surface area contributed by atoms with Gasteiger partial charge in [0, 0.05) is 17.7 Å². The van der Waals surface area contributed by atoms with Crippen molar-refractivity contribution in [2.45, 2.75) is 44.5 Å². The Bertz CT molecular complexity index is 701. The van der Waals surface area contributed by atoms with Crippen LogP contribution in [0.15, 0.2) is 24.3 Å². The lowest BCUT2D eigenvalue weighted by Crippen LogP contribution is -2.48. The zero-order chi connectivity index (χ0) is 18.8. The number of halogens is 1. The second-order valence-corrected chi connectivity index (χ2v) is 6.73. The number of anilines is 1. The van der Waals surface area contributed by atoms with Gasteiger partial charge in [-0.15, -0.1) is 0 Å². The molecule has 0 fully saturated rings. The summed E-state index contributed by atoms with van der Waals surface area (Å²) in [4.78, 5) is 36.0. The molecule has 0 radical (unpaired) electrons. The number of carbonyl (C=O) groups excluding carboxylic acids is 3. The number of fused-ring (bicyclic) bond motifs is 1. The van der Waals surface area contributed by atoms with Crippen LogP contribution in [0.1, 0.15) is 32.8 Å². The first-order valence-electron chi connectivity index (χ1n) is 7.74. The molecule has 2 atom stereocenters. The van der Waals surface area contributed by atoms with Crippen LogP contribution in [0.4, 0.5) is 14.9 Å². The first-order valence-corrected chi connectivity index (χ1v) is 7.74. The molecule has 8 heteroatoms. The number of alkyl halides is 1. The fraction of sp³-hybridized carbons (Fsp3) is 0.471. The summed E-state index contributed by atoms with van der Waals surface area (Å²) in [5.74, 6) is -1.77. The van der Waals surface area contributed by atoms with Gasteiger partial charge in [0.05, 0.1) is 7.11 Å². The van der Waals surface area contributed by atoms with Crippen molar-refractivity contribution in [2.75, 3.05) is 12.4 Å². The minimum Gasteiger partial charge on any atom is -0.467 e. The Balaban J connectivity index is 2.24. The third-order valence-electron chi connectivity index (χ3n) is 3.62. The van der Waals surface area contributed by atoms with Crippen molar-refractivity contribution in [3.05, 3.63) is 29.8 Å². The van der Waals surface area contributed by atoms with Gasteiger partial charge in [0.2, 0.25) is 5.67 Å². The van der Waals surface area contributed by atoms with Gasteiger partial charge in [-0.3, -0.25) is 4.79 Å². The number of para-hydroxylation sites is 1. The first kappa shape index (κ1) is 18.7. The van der Waals surface area contributed by atoms with Crippen molar-refractivity contribution in [1.29, 1.82) is 0 Å². The largest absolute Gasteiger partial charge is 0.467 e. The Kier molecular flexibility index (Phi) is 5.01. The predicted molar refractivity (Wildman–Crippen MR) is 87.6 cm³/mol. The van der Waals surface area contributed by atoms with Crippen LogP contribution in [0.3, 0.4) is 0 Å². The molecule has 1 aliphatic rings. The standard InChI is InChI=1S/C17H21FN2O5/c1-16(2,3)25-15(23)20-12(13(21)24-4)9-17(18)10-7-5-6-8-11(10)19-14(17)22/h5-8,12H,9H2,1-4H3,(H,19,22)(H,20,23)/t12-,17?/m0/s1. The van der Waals surface area contributed by atoms with Crippen molar-refractivity contribution in [2.24, 2.45) is 0 Å². The molecule has 2 N–H and O–H groups in total. The molecule has 1 aromatic carbocycles. The lowest BCUT2D eigenvalue weighted by molar-refractivity contribution is -0.145. The van der Waals surface area contributed by atoms with E-state index in [0.717, 1.165) is 7.11 Å². The van der Waals surface area contributed by atoms with Gasteiger partial charge in [0.1, 0.15) is 11.6 Å². The average Bonchev–Trinajstić information content (AvgIpc) is 2.75. The summed E-state index contributed by atoms with van der Waals surface area (Å²) in [5.41, 5.74) is -2.82. The van der Waals surface area contributed by atoms with Gasteiger partial charge in [-0.2, -0.15) is 0 Å². The Morgan fingerprint density at radius 2 is 1.96 bits per heavy atom. The molecule has 25 heavy (non-hydrogen) atoms. The van der Waals surface area contributed by atoms with Gasteiger partial charge in [-0.05, 0) is 26.8 Å². The molecule has 0 aliphatic carbocycles. The molecular formula is C17H21FN2O5. The molecule has 2 rings (SSSR count). The highest BCUT2D eigenvalue weighted by Gasteiger charge is 2.50. The molecule has 1 aromatic rings. The van der Waals surface area contributed by atoms with Gasteiger partial charge in [-0.1, -0.05) is 18.2 Å². The minimum absolute atomic E-state index is 0.111. The maximum Gasteiger partial charge on any atom is 0.408 e. The van der Waals surface area contributed by atoms with Crippen molar-refractivity contribution < 1.29 is 28.2 Å². The maximum absolute atomic E-state index is 15.4. The van der Waals surface area contributed by atoms with Crippen LogP contribution in [-0.2, 0) is 24.7 Å². The zero-order valence-electron chi connectivity index (χ0n) is 14.5. The summed E-state index contributed by atoms with van der Waals surface area (Å²) >= 11 is 0. The van der Waals surface area contributed by atoms with E-state index in [1.54, 1.807) is 39.0 Å². The lowest BCUT2D eigenvalue weighted by Gasteiger charge is -2.26. The van der Waals surface area contributed by atoms with E-state index < -0.39 is 41.7 Å². The molecule has 1 aliphatic heterocycles. The molecule has 2 amide bonds. The van der Waals surface area contributed by atoms with Gasteiger partial charge < -0.3 is 20.1 Å². The number of nitrogens with one attached hydrogen (secondary N) is 2. The van der Waals surface area contributed by atoms with Crippen molar-refractivity contribution in [3.63, 3.8) is 0 Å². The number of amides is 2. The summed E-state index contributed by atoms with van der Waals surface area (Å²) < 4.78 is 25.1. The van der Waals surface area contributed by atoms with Gasteiger partial charge >= 0.3 is 12.1 Å². The Morgan fingerprint density at radius 3 is 2.56 bits per heavy atom.